The molecule has 1 heterocycles. The minimum absolute atomic E-state index is 0.0688. The number of nitrogens with zero attached hydrogens (tertiary/aromatic N) is 1. The average Bonchev–Trinajstić information content (AvgIpc) is 2.48. The summed E-state index contributed by atoms with van der Waals surface area (Å²) in [7, 11) is 2.78. The summed E-state index contributed by atoms with van der Waals surface area (Å²) in [6.45, 7) is 0. The molecule has 1 aromatic heterocycles. The molecule has 0 fully saturated rings. The van der Waals surface area contributed by atoms with E-state index in [0.29, 0.717) is 0 Å². The molecule has 0 bridgehead atoms. The van der Waals surface area contributed by atoms with Crippen molar-refractivity contribution in [3.05, 3.63) is 22.1 Å². The van der Waals surface area contributed by atoms with E-state index in [1.807, 2.05) is 0 Å². The Morgan fingerprint density at radius 2 is 2.42 bits per heavy atom. The Balaban J connectivity index is 2.85. The van der Waals surface area contributed by atoms with Gasteiger partial charge in [0.25, 0.3) is 5.91 Å². The predicted molar refractivity (Wildman–Crippen MR) is 43.4 cm³/mol. The molecule has 0 atom stereocenters. The van der Waals surface area contributed by atoms with E-state index in [1.54, 1.807) is 0 Å². The maximum absolute atomic E-state index is 12.8. The minimum Gasteiger partial charge on any atom is -0.274 e. The van der Waals surface area contributed by atoms with Gasteiger partial charge in [0.15, 0.2) is 0 Å². The van der Waals surface area contributed by atoms with Crippen molar-refractivity contribution in [1.29, 1.82) is 0 Å². The molecule has 0 spiro atoms. The predicted octanol–water partition coefficient (Wildman–Crippen LogP) is 1.52. The number of carbonyl (C=O) groups is 1. The summed E-state index contributed by atoms with van der Waals surface area (Å²) < 4.78 is 12.8. The Morgan fingerprint density at radius 1 is 1.75 bits per heavy atom. The van der Waals surface area contributed by atoms with Crippen LogP contribution >= 0.6 is 11.3 Å². The molecule has 1 rings (SSSR count). The summed E-state index contributed by atoms with van der Waals surface area (Å²) in [5, 5.41) is 2.50. The summed E-state index contributed by atoms with van der Waals surface area (Å²) in [4.78, 5) is 15.9. The third kappa shape index (κ3) is 1.62. The van der Waals surface area contributed by atoms with Crippen molar-refractivity contribution < 1.29 is 14.0 Å². The number of carbonyl (C=O) groups excluding carboxylic acids is 1. The summed E-state index contributed by atoms with van der Waals surface area (Å²) in [6.07, 6.45) is 0. The van der Waals surface area contributed by atoms with Gasteiger partial charge in [-0.15, -0.1) is 11.3 Å². The number of hydrogen-bond acceptors (Lipinski definition) is 3. The van der Waals surface area contributed by atoms with Gasteiger partial charge in [-0.25, -0.2) is 9.45 Å². The second-order valence-electron chi connectivity index (χ2n) is 2.08. The summed E-state index contributed by atoms with van der Waals surface area (Å²) in [5.41, 5.74) is 0. The zero-order valence-corrected chi connectivity index (χ0v) is 7.52. The van der Waals surface area contributed by atoms with Gasteiger partial charge in [0.05, 0.1) is 7.11 Å². The van der Waals surface area contributed by atoms with Crippen molar-refractivity contribution in [2.24, 2.45) is 0 Å². The van der Waals surface area contributed by atoms with E-state index in [9.17, 15) is 9.18 Å². The highest BCUT2D eigenvalue weighted by atomic mass is 32.1. The Hall–Kier alpha value is -0.940. The van der Waals surface area contributed by atoms with Gasteiger partial charge in [0.2, 0.25) is 0 Å². The Morgan fingerprint density at radius 3 is 2.83 bits per heavy atom. The molecule has 3 nitrogen and oxygen atoms in total. The van der Waals surface area contributed by atoms with E-state index in [4.69, 9.17) is 0 Å². The number of thiophene rings is 1. The molecule has 5 heteroatoms. The molecule has 0 aromatic carbocycles. The Kier molecular flexibility index (Phi) is 2.78. The lowest BCUT2D eigenvalue weighted by Crippen LogP contribution is -2.25. The molecule has 0 unspecified atom stereocenters. The van der Waals surface area contributed by atoms with Gasteiger partial charge in [0.1, 0.15) is 10.7 Å². The number of halogens is 1. The lowest BCUT2D eigenvalue weighted by Gasteiger charge is -2.11. The van der Waals surface area contributed by atoms with Gasteiger partial charge in [-0.2, -0.15) is 0 Å². The first-order valence-electron chi connectivity index (χ1n) is 3.22. The van der Waals surface area contributed by atoms with Crippen LogP contribution in [0.4, 0.5) is 4.39 Å². The van der Waals surface area contributed by atoms with Crippen LogP contribution in [0.2, 0.25) is 0 Å². The van der Waals surface area contributed by atoms with Crippen molar-refractivity contribution in [1.82, 2.24) is 5.06 Å². The van der Waals surface area contributed by atoms with E-state index in [2.05, 4.69) is 4.84 Å². The maximum Gasteiger partial charge on any atom is 0.290 e. The van der Waals surface area contributed by atoms with E-state index >= 15 is 0 Å². The summed E-state index contributed by atoms with van der Waals surface area (Å²) in [5.74, 6) is -0.973. The molecule has 0 N–H and O–H groups in total. The molecule has 1 aromatic rings. The molecular weight excluding hydrogens is 181 g/mol. The lowest BCUT2D eigenvalue weighted by atomic mass is 10.4. The van der Waals surface area contributed by atoms with Gasteiger partial charge < -0.3 is 0 Å². The van der Waals surface area contributed by atoms with E-state index < -0.39 is 11.7 Å². The molecule has 0 aliphatic heterocycles. The SMILES string of the molecule is CON(C)C(=O)c1sccc1F. The van der Waals surface area contributed by atoms with Crippen LogP contribution in [0, 0.1) is 5.82 Å². The first kappa shape index (κ1) is 9.15. The summed E-state index contributed by atoms with van der Waals surface area (Å²) >= 11 is 1.06. The van der Waals surface area contributed by atoms with Crippen LogP contribution in [-0.2, 0) is 4.84 Å². The van der Waals surface area contributed by atoms with Gasteiger partial charge >= 0.3 is 0 Å². The number of rotatable bonds is 2. The number of hydroxylamine groups is 2. The largest absolute Gasteiger partial charge is 0.290 e. The van der Waals surface area contributed by atoms with Crippen molar-refractivity contribution in [3.63, 3.8) is 0 Å². The van der Waals surface area contributed by atoms with Crippen LogP contribution in [0.1, 0.15) is 9.67 Å². The smallest absolute Gasteiger partial charge is 0.274 e. The van der Waals surface area contributed by atoms with Gasteiger partial charge in [-0.05, 0) is 11.4 Å². The Labute approximate surface area is 73.3 Å². The average molecular weight is 189 g/mol. The van der Waals surface area contributed by atoms with E-state index in [-0.39, 0.29) is 4.88 Å². The highest BCUT2D eigenvalue weighted by Gasteiger charge is 2.16. The van der Waals surface area contributed by atoms with Crippen LogP contribution < -0.4 is 0 Å². The van der Waals surface area contributed by atoms with Crippen LogP contribution in [-0.4, -0.2) is 25.1 Å². The van der Waals surface area contributed by atoms with Crippen molar-refractivity contribution in [2.75, 3.05) is 14.2 Å². The third-order valence-electron chi connectivity index (χ3n) is 1.37. The highest BCUT2D eigenvalue weighted by molar-refractivity contribution is 7.12. The standard InChI is InChI=1S/C7H8FNO2S/c1-9(11-2)7(10)6-5(8)3-4-12-6/h3-4H,1-2H3. The molecule has 0 saturated heterocycles. The molecule has 0 aliphatic rings. The zero-order chi connectivity index (χ0) is 9.14. The maximum atomic E-state index is 12.8. The van der Waals surface area contributed by atoms with Crippen LogP contribution in [0.3, 0.4) is 0 Å². The second-order valence-corrected chi connectivity index (χ2v) is 3.00. The first-order chi connectivity index (χ1) is 5.66. The van der Waals surface area contributed by atoms with E-state index in [0.717, 1.165) is 16.4 Å². The second kappa shape index (κ2) is 3.64. The van der Waals surface area contributed by atoms with Crippen molar-refractivity contribution in [3.8, 4) is 0 Å². The van der Waals surface area contributed by atoms with Gasteiger partial charge in [0, 0.05) is 7.05 Å². The first-order valence-corrected chi connectivity index (χ1v) is 4.10. The van der Waals surface area contributed by atoms with Gasteiger partial charge in [-0.3, -0.25) is 9.63 Å². The molecule has 0 saturated carbocycles. The third-order valence-corrected chi connectivity index (χ3v) is 2.25. The van der Waals surface area contributed by atoms with Crippen molar-refractivity contribution >= 4 is 17.2 Å². The molecule has 0 radical (unpaired) electrons. The summed E-state index contributed by atoms with van der Waals surface area (Å²) in [6, 6.07) is 1.25. The quantitative estimate of drug-likeness (QED) is 0.660. The molecule has 1 amide bonds. The Bertz CT molecular complexity index is 287. The van der Waals surface area contributed by atoms with Gasteiger partial charge in [-0.1, -0.05) is 0 Å². The number of hydrogen-bond donors (Lipinski definition) is 0. The normalized spacial score (nSPS) is 9.92. The zero-order valence-electron chi connectivity index (χ0n) is 6.70. The lowest BCUT2D eigenvalue weighted by molar-refractivity contribution is -0.0756. The monoisotopic (exact) mass is 189 g/mol. The molecule has 12 heavy (non-hydrogen) atoms. The van der Waals surface area contributed by atoms with Crippen molar-refractivity contribution in [2.45, 2.75) is 0 Å². The van der Waals surface area contributed by atoms with E-state index in [1.165, 1.54) is 25.6 Å². The minimum atomic E-state index is -0.506. The van der Waals surface area contributed by atoms with Crippen LogP contribution in [0.5, 0.6) is 0 Å². The number of amides is 1. The molecule has 0 aliphatic carbocycles. The molecular formula is C7H8FNO2S. The fourth-order valence-corrected chi connectivity index (χ4v) is 1.41. The fourth-order valence-electron chi connectivity index (χ4n) is 0.672. The fraction of sp³-hybridized carbons (Fsp3) is 0.286. The molecule has 66 valence electrons. The highest BCUT2D eigenvalue weighted by Crippen LogP contribution is 2.16. The van der Waals surface area contributed by atoms with Crippen LogP contribution in [0.15, 0.2) is 11.4 Å². The topological polar surface area (TPSA) is 29.5 Å². The van der Waals surface area contributed by atoms with Crippen LogP contribution in [0.25, 0.3) is 0 Å².